The SMILES string of the molecule is Cc1nc(NC[C@H]2CCCO2)nc2c1CN(C)CC2. The second-order valence-corrected chi connectivity index (χ2v) is 5.56. The second-order valence-electron chi connectivity index (χ2n) is 5.56. The first-order valence-corrected chi connectivity index (χ1v) is 7.13. The van der Waals surface area contributed by atoms with Crippen LogP contribution < -0.4 is 5.32 Å². The lowest BCUT2D eigenvalue weighted by molar-refractivity contribution is 0.120. The Morgan fingerprint density at radius 3 is 3.11 bits per heavy atom. The van der Waals surface area contributed by atoms with Crippen molar-refractivity contribution in [2.24, 2.45) is 0 Å². The number of nitrogens with one attached hydrogen (secondary N) is 1. The summed E-state index contributed by atoms with van der Waals surface area (Å²) in [5.74, 6) is 0.760. The molecular weight excluding hydrogens is 240 g/mol. The molecule has 0 radical (unpaired) electrons. The highest BCUT2D eigenvalue weighted by Crippen LogP contribution is 2.20. The van der Waals surface area contributed by atoms with Crippen LogP contribution in [-0.4, -0.2) is 47.7 Å². The summed E-state index contributed by atoms with van der Waals surface area (Å²) in [4.78, 5) is 11.6. The van der Waals surface area contributed by atoms with E-state index in [9.17, 15) is 0 Å². The fraction of sp³-hybridized carbons (Fsp3) is 0.714. The van der Waals surface area contributed by atoms with Crippen molar-refractivity contribution in [3.8, 4) is 0 Å². The first kappa shape index (κ1) is 12.8. The minimum absolute atomic E-state index is 0.325. The van der Waals surface area contributed by atoms with Crippen LogP contribution in [0.3, 0.4) is 0 Å². The van der Waals surface area contributed by atoms with E-state index in [2.05, 4.69) is 34.2 Å². The Kier molecular flexibility index (Phi) is 3.66. The van der Waals surface area contributed by atoms with Crippen molar-refractivity contribution < 1.29 is 4.74 Å². The molecule has 1 aromatic rings. The lowest BCUT2D eigenvalue weighted by Crippen LogP contribution is -2.29. The van der Waals surface area contributed by atoms with Gasteiger partial charge in [0.1, 0.15) is 0 Å². The van der Waals surface area contributed by atoms with Gasteiger partial charge < -0.3 is 15.0 Å². The summed E-state index contributed by atoms with van der Waals surface area (Å²) < 4.78 is 5.61. The molecule has 3 heterocycles. The minimum Gasteiger partial charge on any atom is -0.376 e. The molecule has 2 aliphatic rings. The van der Waals surface area contributed by atoms with Gasteiger partial charge in [-0.2, -0.15) is 0 Å². The monoisotopic (exact) mass is 262 g/mol. The number of aromatic nitrogens is 2. The summed E-state index contributed by atoms with van der Waals surface area (Å²) in [7, 11) is 2.14. The predicted octanol–water partition coefficient (Wildman–Crippen LogP) is 1.36. The molecule has 2 aliphatic heterocycles. The smallest absolute Gasteiger partial charge is 0.223 e. The van der Waals surface area contributed by atoms with Crippen molar-refractivity contribution in [1.82, 2.24) is 14.9 Å². The number of fused-ring (bicyclic) bond motifs is 1. The van der Waals surface area contributed by atoms with E-state index in [1.165, 1.54) is 17.7 Å². The minimum atomic E-state index is 0.325. The Bertz CT molecular complexity index is 457. The first-order valence-electron chi connectivity index (χ1n) is 7.13. The van der Waals surface area contributed by atoms with Gasteiger partial charge in [0, 0.05) is 43.9 Å². The molecule has 3 rings (SSSR count). The standard InChI is InChI=1S/C14H22N4O/c1-10-12-9-18(2)6-5-13(12)17-14(16-10)15-8-11-4-3-7-19-11/h11H,3-9H2,1-2H3,(H,15,16,17)/t11-/m1/s1. The van der Waals surface area contributed by atoms with Crippen LogP contribution in [0.5, 0.6) is 0 Å². The Morgan fingerprint density at radius 1 is 1.42 bits per heavy atom. The zero-order chi connectivity index (χ0) is 13.2. The van der Waals surface area contributed by atoms with Crippen molar-refractivity contribution in [2.75, 3.05) is 32.1 Å². The van der Waals surface area contributed by atoms with Gasteiger partial charge in [-0.05, 0) is 26.8 Å². The number of aryl methyl sites for hydroxylation is 1. The molecule has 5 heteroatoms. The van der Waals surface area contributed by atoms with Crippen molar-refractivity contribution in [3.05, 3.63) is 17.0 Å². The number of hydrogen-bond donors (Lipinski definition) is 1. The lowest BCUT2D eigenvalue weighted by Gasteiger charge is -2.25. The van der Waals surface area contributed by atoms with Gasteiger partial charge in [-0.3, -0.25) is 0 Å². The third-order valence-corrected chi connectivity index (χ3v) is 3.97. The molecule has 5 nitrogen and oxygen atoms in total. The van der Waals surface area contributed by atoms with Crippen LogP contribution in [0.25, 0.3) is 0 Å². The highest BCUT2D eigenvalue weighted by molar-refractivity contribution is 5.35. The largest absolute Gasteiger partial charge is 0.376 e. The van der Waals surface area contributed by atoms with Gasteiger partial charge in [-0.15, -0.1) is 0 Å². The number of hydrogen-bond acceptors (Lipinski definition) is 5. The molecule has 0 unspecified atom stereocenters. The van der Waals surface area contributed by atoms with Gasteiger partial charge in [-0.25, -0.2) is 9.97 Å². The van der Waals surface area contributed by atoms with Gasteiger partial charge in [0.05, 0.1) is 11.8 Å². The van der Waals surface area contributed by atoms with Gasteiger partial charge in [0.25, 0.3) is 0 Å². The molecule has 1 atom stereocenters. The number of likely N-dealkylation sites (N-methyl/N-ethyl adjacent to an activating group) is 1. The third kappa shape index (κ3) is 2.87. The average molecular weight is 262 g/mol. The molecule has 1 saturated heterocycles. The van der Waals surface area contributed by atoms with E-state index < -0.39 is 0 Å². The van der Waals surface area contributed by atoms with Crippen molar-refractivity contribution in [3.63, 3.8) is 0 Å². The van der Waals surface area contributed by atoms with Crippen LogP contribution in [0.1, 0.15) is 29.8 Å². The van der Waals surface area contributed by atoms with Gasteiger partial charge in [0.15, 0.2) is 0 Å². The summed E-state index contributed by atoms with van der Waals surface area (Å²) in [6.45, 7) is 5.83. The van der Waals surface area contributed by atoms with Crippen molar-refractivity contribution in [1.29, 1.82) is 0 Å². The zero-order valence-electron chi connectivity index (χ0n) is 11.8. The Labute approximate surface area is 114 Å². The fourth-order valence-corrected chi connectivity index (χ4v) is 2.80. The highest BCUT2D eigenvalue weighted by Gasteiger charge is 2.19. The van der Waals surface area contributed by atoms with E-state index in [-0.39, 0.29) is 0 Å². The summed E-state index contributed by atoms with van der Waals surface area (Å²) in [5.41, 5.74) is 3.61. The van der Waals surface area contributed by atoms with Crippen LogP contribution in [-0.2, 0) is 17.7 Å². The summed E-state index contributed by atoms with van der Waals surface area (Å²) in [5, 5.41) is 3.33. The fourth-order valence-electron chi connectivity index (χ4n) is 2.80. The average Bonchev–Trinajstić information content (AvgIpc) is 2.90. The molecule has 0 aromatic carbocycles. The predicted molar refractivity (Wildman–Crippen MR) is 74.3 cm³/mol. The summed E-state index contributed by atoms with van der Waals surface area (Å²) >= 11 is 0. The van der Waals surface area contributed by atoms with Crippen molar-refractivity contribution in [2.45, 2.75) is 38.8 Å². The first-order chi connectivity index (χ1) is 9.22. The molecule has 1 aromatic heterocycles. The Hall–Kier alpha value is -1.20. The summed E-state index contributed by atoms with van der Waals surface area (Å²) in [6.07, 6.45) is 3.65. The molecule has 104 valence electrons. The van der Waals surface area contributed by atoms with Crippen LogP contribution in [0.15, 0.2) is 0 Å². The van der Waals surface area contributed by atoms with Gasteiger partial charge in [0.2, 0.25) is 5.95 Å². The molecule has 19 heavy (non-hydrogen) atoms. The van der Waals surface area contributed by atoms with Gasteiger partial charge >= 0.3 is 0 Å². The maximum Gasteiger partial charge on any atom is 0.223 e. The normalized spacial score (nSPS) is 23.4. The number of anilines is 1. The quantitative estimate of drug-likeness (QED) is 0.891. The molecule has 0 saturated carbocycles. The van der Waals surface area contributed by atoms with Crippen LogP contribution in [0.4, 0.5) is 5.95 Å². The Balaban J connectivity index is 1.70. The second kappa shape index (κ2) is 5.43. The van der Waals surface area contributed by atoms with Crippen LogP contribution >= 0.6 is 0 Å². The van der Waals surface area contributed by atoms with E-state index >= 15 is 0 Å². The molecule has 0 aliphatic carbocycles. The maximum atomic E-state index is 5.61. The number of rotatable bonds is 3. The van der Waals surface area contributed by atoms with E-state index in [1.807, 2.05) is 0 Å². The highest BCUT2D eigenvalue weighted by atomic mass is 16.5. The number of nitrogens with zero attached hydrogens (tertiary/aromatic N) is 3. The van der Waals surface area contributed by atoms with Crippen molar-refractivity contribution >= 4 is 5.95 Å². The molecule has 1 N–H and O–H groups in total. The van der Waals surface area contributed by atoms with E-state index in [0.29, 0.717) is 6.10 Å². The zero-order valence-corrected chi connectivity index (χ0v) is 11.8. The van der Waals surface area contributed by atoms with E-state index in [0.717, 1.165) is 50.7 Å². The lowest BCUT2D eigenvalue weighted by atomic mass is 10.1. The summed E-state index contributed by atoms with van der Waals surface area (Å²) in [6, 6.07) is 0. The van der Waals surface area contributed by atoms with Gasteiger partial charge in [-0.1, -0.05) is 0 Å². The topological polar surface area (TPSA) is 50.3 Å². The third-order valence-electron chi connectivity index (χ3n) is 3.97. The van der Waals surface area contributed by atoms with E-state index in [1.54, 1.807) is 0 Å². The maximum absolute atomic E-state index is 5.61. The Morgan fingerprint density at radius 2 is 2.32 bits per heavy atom. The van der Waals surface area contributed by atoms with Crippen LogP contribution in [0, 0.1) is 6.92 Å². The molecule has 1 fully saturated rings. The molecule has 0 bridgehead atoms. The van der Waals surface area contributed by atoms with Crippen LogP contribution in [0.2, 0.25) is 0 Å². The number of ether oxygens (including phenoxy) is 1. The molecular formula is C14H22N4O. The van der Waals surface area contributed by atoms with E-state index in [4.69, 9.17) is 4.74 Å². The molecule has 0 amide bonds. The molecule has 0 spiro atoms.